The Labute approximate surface area is 342 Å². The molecule has 55 heavy (non-hydrogen) atoms. The summed E-state index contributed by atoms with van der Waals surface area (Å²) in [6.07, 6.45) is 16.2. The van der Waals surface area contributed by atoms with E-state index in [2.05, 4.69) is 52.8 Å². The van der Waals surface area contributed by atoms with E-state index in [1.807, 2.05) is 25.1 Å². The van der Waals surface area contributed by atoms with Gasteiger partial charge in [0.05, 0.1) is 21.3 Å². The van der Waals surface area contributed by atoms with Gasteiger partial charge in [0, 0.05) is 32.5 Å². The number of nitro groups is 1. The van der Waals surface area contributed by atoms with Crippen molar-refractivity contribution in [3.8, 4) is 5.75 Å². The predicted octanol–water partition coefficient (Wildman–Crippen LogP) is 13.8. The number of hydrogen-bond donors (Lipinski definition) is 0. The fraction of sp³-hybridized carbons (Fsp3) is 0.619. The number of Topliss-reactive ketones (excluding diaryl/α,β-unsaturated/α-hetero) is 2. The Morgan fingerprint density at radius 2 is 1.27 bits per heavy atom. The SMILES string of the molecule is CCCCCC[C@@H](C)c1cc2c(cc1[N+](=O)[O-])C(=O)/C(=C1/Sc3cc(OCCCCCCCCCCC[Si](C)(C)O[Si](C)(C)O[Si](C)(C)C)ccc3C1=O)S2. The van der Waals surface area contributed by atoms with Gasteiger partial charge >= 0.3 is 8.56 Å². The summed E-state index contributed by atoms with van der Waals surface area (Å²) in [6.45, 7) is 20.7. The van der Waals surface area contributed by atoms with Gasteiger partial charge in [-0.25, -0.2) is 0 Å². The Hall–Kier alpha value is -2.01. The number of ether oxygens (including phenoxy) is 1. The van der Waals surface area contributed by atoms with Crippen molar-refractivity contribution in [2.75, 3.05) is 6.61 Å². The molecule has 4 rings (SSSR count). The van der Waals surface area contributed by atoms with Gasteiger partial charge in [-0.15, -0.1) is 0 Å². The van der Waals surface area contributed by atoms with E-state index < -0.39 is 25.2 Å². The maximum Gasteiger partial charge on any atom is 0.311 e. The molecular weight excluding hydrogens is 779 g/mol. The number of allylic oxidation sites excluding steroid dienone is 2. The van der Waals surface area contributed by atoms with Gasteiger partial charge in [0.1, 0.15) is 5.75 Å². The number of carbonyl (C=O) groups excluding carboxylic acids is 2. The highest BCUT2D eigenvalue weighted by molar-refractivity contribution is 8.08. The highest BCUT2D eigenvalue weighted by Crippen LogP contribution is 2.52. The lowest BCUT2D eigenvalue weighted by Gasteiger charge is -2.37. The van der Waals surface area contributed by atoms with Crippen LogP contribution in [-0.4, -0.2) is 48.3 Å². The third-order valence-electron chi connectivity index (χ3n) is 10.1. The molecule has 13 heteroatoms. The first kappa shape index (κ1) is 45.7. The highest BCUT2D eigenvalue weighted by Gasteiger charge is 2.39. The van der Waals surface area contributed by atoms with Crippen LogP contribution < -0.4 is 4.74 Å². The highest BCUT2D eigenvalue weighted by atomic mass is 32.2. The number of unbranched alkanes of at least 4 members (excludes halogenated alkanes) is 11. The first-order chi connectivity index (χ1) is 25.9. The molecule has 0 saturated heterocycles. The van der Waals surface area contributed by atoms with Crippen LogP contribution in [0, 0.1) is 10.1 Å². The zero-order chi connectivity index (χ0) is 40.4. The molecule has 2 aromatic rings. The van der Waals surface area contributed by atoms with E-state index in [1.54, 1.807) is 6.07 Å². The average molecular weight is 844 g/mol. The number of rotatable bonds is 24. The normalized spacial score (nSPS) is 16.5. The van der Waals surface area contributed by atoms with E-state index in [9.17, 15) is 19.7 Å². The van der Waals surface area contributed by atoms with Crippen LogP contribution in [0.1, 0.15) is 136 Å². The van der Waals surface area contributed by atoms with Crippen molar-refractivity contribution < 1.29 is 27.5 Å². The molecule has 8 nitrogen and oxygen atoms in total. The van der Waals surface area contributed by atoms with Gasteiger partial charge in [0.2, 0.25) is 11.6 Å². The van der Waals surface area contributed by atoms with Gasteiger partial charge < -0.3 is 13.0 Å². The molecule has 304 valence electrons. The number of ketones is 2. The summed E-state index contributed by atoms with van der Waals surface area (Å²) in [5.41, 5.74) is 1.52. The van der Waals surface area contributed by atoms with Crippen LogP contribution >= 0.6 is 23.5 Å². The lowest BCUT2D eigenvalue weighted by molar-refractivity contribution is -0.385. The van der Waals surface area contributed by atoms with Crippen molar-refractivity contribution in [2.45, 2.75) is 171 Å². The molecule has 0 saturated carbocycles. The van der Waals surface area contributed by atoms with E-state index in [0.717, 1.165) is 55.6 Å². The van der Waals surface area contributed by atoms with Crippen molar-refractivity contribution in [3.05, 3.63) is 66.9 Å². The first-order valence-electron chi connectivity index (χ1n) is 20.6. The molecule has 0 aliphatic carbocycles. The Morgan fingerprint density at radius 3 is 1.87 bits per heavy atom. The molecule has 1 atom stereocenters. The standard InChI is InChI=1S/C42H65NO7S2Si3/c1-10-11-12-20-23-31(2)34-30-38-35(29-36(34)43(46)47)40(45)42(52-38)41-39(44)33-25-24-32(28-37(33)51-41)48-26-21-18-16-14-13-15-17-19-22-27-54(6,7)50-55(8,9)49-53(3,4)5/h24-25,28-31H,10-23,26-27H2,1-9H3/b42-41-/t31-/m1/s1. The van der Waals surface area contributed by atoms with Crippen molar-refractivity contribution in [3.63, 3.8) is 0 Å². The fourth-order valence-corrected chi connectivity index (χ4v) is 23.3. The molecular formula is C42H65NO7S2Si3. The topological polar surface area (TPSA) is 105 Å². The molecule has 0 aromatic heterocycles. The van der Waals surface area contributed by atoms with Crippen LogP contribution in [0.4, 0.5) is 5.69 Å². The van der Waals surface area contributed by atoms with Crippen LogP contribution in [0.15, 0.2) is 49.9 Å². The van der Waals surface area contributed by atoms with E-state index in [0.29, 0.717) is 38.0 Å². The lowest BCUT2D eigenvalue weighted by atomic mass is 9.92. The number of nitro benzene ring substituents is 1. The minimum absolute atomic E-state index is 0.000918. The third-order valence-corrected chi connectivity index (χ3v) is 22.7. The second-order valence-corrected chi connectivity index (χ2v) is 32.1. The summed E-state index contributed by atoms with van der Waals surface area (Å²) in [4.78, 5) is 41.0. The van der Waals surface area contributed by atoms with Crippen molar-refractivity contribution in [1.82, 2.24) is 0 Å². The van der Waals surface area contributed by atoms with E-state index in [-0.39, 0.29) is 28.1 Å². The lowest BCUT2D eigenvalue weighted by Crippen LogP contribution is -2.51. The van der Waals surface area contributed by atoms with Crippen molar-refractivity contribution in [1.29, 1.82) is 0 Å². The van der Waals surface area contributed by atoms with Crippen molar-refractivity contribution >= 4 is 66.0 Å². The third kappa shape index (κ3) is 13.8. The monoisotopic (exact) mass is 843 g/mol. The second kappa shape index (κ2) is 20.6. The molecule has 2 aliphatic heterocycles. The van der Waals surface area contributed by atoms with Gasteiger partial charge in [-0.3, -0.25) is 19.7 Å². The number of hydrogen-bond acceptors (Lipinski definition) is 9. The minimum Gasteiger partial charge on any atom is -0.494 e. The second-order valence-electron chi connectivity index (χ2n) is 17.3. The molecule has 0 bridgehead atoms. The van der Waals surface area contributed by atoms with Crippen LogP contribution in [0.25, 0.3) is 0 Å². The molecule has 0 amide bonds. The molecule has 0 N–H and O–H groups in total. The van der Waals surface area contributed by atoms with Crippen LogP contribution in [0.2, 0.25) is 51.9 Å². The van der Waals surface area contributed by atoms with Gasteiger partial charge in [-0.2, -0.15) is 0 Å². The van der Waals surface area contributed by atoms with Crippen molar-refractivity contribution in [2.24, 2.45) is 0 Å². The molecule has 2 aromatic carbocycles. The fourth-order valence-electron chi connectivity index (χ4n) is 7.71. The Kier molecular flexibility index (Phi) is 17.1. The van der Waals surface area contributed by atoms with Gasteiger partial charge in [-0.05, 0) is 94.9 Å². The summed E-state index contributed by atoms with van der Waals surface area (Å²) in [6, 6.07) is 9.96. The Bertz CT molecular complexity index is 1710. The Balaban J connectivity index is 1.17. The first-order valence-corrected chi connectivity index (χ1v) is 31.6. The molecule has 0 unspecified atom stereocenters. The smallest absolute Gasteiger partial charge is 0.311 e. The number of fused-ring (bicyclic) bond motifs is 2. The quantitative estimate of drug-likeness (QED) is 0.0336. The number of thioether (sulfide) groups is 2. The van der Waals surface area contributed by atoms with E-state index >= 15 is 0 Å². The molecule has 2 heterocycles. The van der Waals surface area contributed by atoms with E-state index in [1.165, 1.54) is 80.6 Å². The minimum atomic E-state index is -2.06. The van der Waals surface area contributed by atoms with E-state index in [4.69, 9.17) is 13.0 Å². The average Bonchev–Trinajstić information content (AvgIpc) is 3.59. The number of benzene rings is 2. The van der Waals surface area contributed by atoms with Gasteiger partial charge in [-0.1, -0.05) is 114 Å². The maximum absolute atomic E-state index is 13.6. The molecule has 0 radical (unpaired) electrons. The maximum atomic E-state index is 13.6. The van der Waals surface area contributed by atoms with Gasteiger partial charge in [0.15, 0.2) is 16.6 Å². The Morgan fingerprint density at radius 1 is 0.709 bits per heavy atom. The van der Waals surface area contributed by atoms with Gasteiger partial charge in [0.25, 0.3) is 5.69 Å². The summed E-state index contributed by atoms with van der Waals surface area (Å²) in [5.74, 6) is 0.229. The summed E-state index contributed by atoms with van der Waals surface area (Å²) in [5, 5.41) is 12.1. The molecule has 2 aliphatic rings. The number of carbonyl (C=O) groups is 2. The molecule has 0 fully saturated rings. The van der Waals surface area contributed by atoms with Crippen LogP contribution in [0.5, 0.6) is 5.75 Å². The zero-order valence-electron chi connectivity index (χ0n) is 34.9. The predicted molar refractivity (Wildman–Crippen MR) is 236 cm³/mol. The summed E-state index contributed by atoms with van der Waals surface area (Å²) >= 11 is 2.57. The summed E-state index contributed by atoms with van der Waals surface area (Å²) in [7, 11) is -5.35. The zero-order valence-corrected chi connectivity index (χ0v) is 39.5. The molecule has 0 spiro atoms. The van der Waals surface area contributed by atoms with Crippen LogP contribution in [-0.2, 0) is 8.23 Å². The number of nitrogens with zero attached hydrogens (tertiary/aromatic N) is 1. The summed E-state index contributed by atoms with van der Waals surface area (Å²) < 4.78 is 19.1. The van der Waals surface area contributed by atoms with Crippen LogP contribution in [0.3, 0.4) is 0 Å². The largest absolute Gasteiger partial charge is 0.494 e.